The van der Waals surface area contributed by atoms with Crippen molar-refractivity contribution < 1.29 is 23.8 Å². The molecule has 1 spiro atoms. The van der Waals surface area contributed by atoms with Gasteiger partial charge in [0.25, 0.3) is 5.91 Å². The lowest BCUT2D eigenvalue weighted by Crippen LogP contribution is -2.50. The first-order valence-electron chi connectivity index (χ1n) is 12.2. The van der Waals surface area contributed by atoms with Gasteiger partial charge >= 0.3 is 0 Å². The van der Waals surface area contributed by atoms with Crippen LogP contribution in [0.15, 0.2) is 65.3 Å². The summed E-state index contributed by atoms with van der Waals surface area (Å²) in [6, 6.07) is 17.1. The molecule has 2 aromatic carbocycles. The molecule has 1 saturated heterocycles. The Morgan fingerprint density at radius 1 is 1.17 bits per heavy atom. The Balaban J connectivity index is 1.37. The standard InChI is InChI=1S/C28H32N2O5/c1-3-34-26-25(29-27(32)24-9-6-16-35-24)20-7-4-5-8-21(20)28(26)12-14-30(15-13-28)18-19-10-11-23(33-2)22(31)17-19/h4-11,16-17,25-26,31H,3,12-15,18H2,1-2H3,(H,29,32)/t25-,26+/m1/s1. The molecule has 5 rings (SSSR count). The lowest BCUT2D eigenvalue weighted by atomic mass is 9.71. The number of hydrogen-bond donors (Lipinski definition) is 2. The van der Waals surface area contributed by atoms with E-state index in [4.69, 9.17) is 13.9 Å². The van der Waals surface area contributed by atoms with E-state index in [1.54, 1.807) is 31.4 Å². The third-order valence-corrected chi connectivity index (χ3v) is 7.46. The Kier molecular flexibility index (Phi) is 6.54. The molecule has 1 amide bonds. The van der Waals surface area contributed by atoms with E-state index in [9.17, 15) is 9.90 Å². The van der Waals surface area contributed by atoms with E-state index < -0.39 is 0 Å². The number of hydrogen-bond acceptors (Lipinski definition) is 6. The normalized spacial score (nSPS) is 21.1. The zero-order valence-electron chi connectivity index (χ0n) is 20.2. The topological polar surface area (TPSA) is 84.2 Å². The maximum Gasteiger partial charge on any atom is 0.287 e. The average molecular weight is 477 g/mol. The van der Waals surface area contributed by atoms with E-state index in [2.05, 4.69) is 28.4 Å². The summed E-state index contributed by atoms with van der Waals surface area (Å²) in [5.74, 6) is 0.718. The second kappa shape index (κ2) is 9.76. The molecule has 0 unspecified atom stereocenters. The van der Waals surface area contributed by atoms with Crippen molar-refractivity contribution in [2.75, 3.05) is 26.8 Å². The average Bonchev–Trinajstić information content (AvgIpc) is 3.49. The molecule has 2 aliphatic rings. The first-order chi connectivity index (χ1) is 17.1. The van der Waals surface area contributed by atoms with Gasteiger partial charge in [0, 0.05) is 18.6 Å². The van der Waals surface area contributed by atoms with Gasteiger partial charge in [-0.2, -0.15) is 0 Å². The second-order valence-corrected chi connectivity index (χ2v) is 9.33. The first kappa shape index (κ1) is 23.5. The summed E-state index contributed by atoms with van der Waals surface area (Å²) in [4.78, 5) is 15.3. The summed E-state index contributed by atoms with van der Waals surface area (Å²) in [5, 5.41) is 13.4. The SMILES string of the molecule is CCO[C@H]1[C@H](NC(=O)c2ccco2)c2ccccc2C12CCN(Cc1ccc(OC)c(O)c1)CC2. The van der Waals surface area contributed by atoms with Crippen molar-refractivity contribution in [2.45, 2.75) is 43.9 Å². The summed E-state index contributed by atoms with van der Waals surface area (Å²) in [5.41, 5.74) is 3.27. The van der Waals surface area contributed by atoms with Crippen molar-refractivity contribution in [3.63, 3.8) is 0 Å². The number of amides is 1. The lowest BCUT2D eigenvalue weighted by Gasteiger charge is -2.44. The number of rotatable bonds is 7. The molecule has 1 aliphatic heterocycles. The van der Waals surface area contributed by atoms with Crippen LogP contribution < -0.4 is 10.1 Å². The molecule has 0 radical (unpaired) electrons. The van der Waals surface area contributed by atoms with Gasteiger partial charge in [0.1, 0.15) is 0 Å². The number of carbonyl (C=O) groups is 1. The number of ether oxygens (including phenoxy) is 2. The van der Waals surface area contributed by atoms with Crippen LogP contribution in [0.3, 0.4) is 0 Å². The van der Waals surface area contributed by atoms with Gasteiger partial charge in [0.2, 0.25) is 0 Å². The Labute approximate surface area is 205 Å². The predicted octanol–water partition coefficient (Wildman–Crippen LogP) is 4.42. The van der Waals surface area contributed by atoms with Gasteiger partial charge in [-0.3, -0.25) is 9.69 Å². The zero-order valence-corrected chi connectivity index (χ0v) is 20.2. The monoisotopic (exact) mass is 476 g/mol. The number of piperidine rings is 1. The van der Waals surface area contributed by atoms with Crippen LogP contribution in [0.1, 0.15) is 53.1 Å². The van der Waals surface area contributed by atoms with Crippen molar-refractivity contribution in [3.05, 3.63) is 83.3 Å². The lowest BCUT2D eigenvalue weighted by molar-refractivity contribution is -0.0336. The summed E-state index contributed by atoms with van der Waals surface area (Å²) in [6.45, 7) is 5.12. The minimum Gasteiger partial charge on any atom is -0.504 e. The quantitative estimate of drug-likeness (QED) is 0.525. The molecule has 7 nitrogen and oxygen atoms in total. The molecular weight excluding hydrogens is 444 g/mol. The van der Waals surface area contributed by atoms with Gasteiger partial charge in [0.15, 0.2) is 17.3 Å². The van der Waals surface area contributed by atoms with Crippen LogP contribution in [0.5, 0.6) is 11.5 Å². The van der Waals surface area contributed by atoms with Crippen LogP contribution in [0.25, 0.3) is 0 Å². The smallest absolute Gasteiger partial charge is 0.287 e. The maximum atomic E-state index is 12.9. The van der Waals surface area contributed by atoms with Crippen LogP contribution in [-0.4, -0.2) is 48.8 Å². The molecule has 184 valence electrons. The largest absolute Gasteiger partial charge is 0.504 e. The highest BCUT2D eigenvalue weighted by molar-refractivity contribution is 5.91. The number of carbonyl (C=O) groups excluding carboxylic acids is 1. The van der Waals surface area contributed by atoms with Gasteiger partial charge in [-0.25, -0.2) is 0 Å². The number of methoxy groups -OCH3 is 1. The third kappa shape index (κ3) is 4.30. The van der Waals surface area contributed by atoms with E-state index in [0.29, 0.717) is 18.1 Å². The Bertz CT molecular complexity index is 1170. The van der Waals surface area contributed by atoms with Crippen LogP contribution in [0.4, 0.5) is 0 Å². The Morgan fingerprint density at radius 2 is 1.97 bits per heavy atom. The van der Waals surface area contributed by atoms with Gasteiger partial charge < -0.3 is 24.3 Å². The Hall–Kier alpha value is -3.29. The molecule has 35 heavy (non-hydrogen) atoms. The molecular formula is C28H32N2O5. The number of aromatic hydroxyl groups is 1. The number of phenolic OH excluding ortho intramolecular Hbond substituents is 1. The van der Waals surface area contributed by atoms with Gasteiger partial charge in [-0.15, -0.1) is 0 Å². The number of nitrogens with zero attached hydrogens (tertiary/aromatic N) is 1. The second-order valence-electron chi connectivity index (χ2n) is 9.33. The molecule has 2 heterocycles. The van der Waals surface area contributed by atoms with Gasteiger partial charge in [0.05, 0.1) is 25.5 Å². The van der Waals surface area contributed by atoms with Crippen molar-refractivity contribution in [2.24, 2.45) is 0 Å². The van der Waals surface area contributed by atoms with E-state index in [1.165, 1.54) is 11.8 Å². The first-order valence-corrected chi connectivity index (χ1v) is 12.2. The fraction of sp³-hybridized carbons (Fsp3) is 0.393. The Morgan fingerprint density at radius 3 is 2.66 bits per heavy atom. The molecule has 1 aliphatic carbocycles. The van der Waals surface area contributed by atoms with Crippen molar-refractivity contribution in [1.29, 1.82) is 0 Å². The fourth-order valence-corrected chi connectivity index (χ4v) is 5.82. The molecule has 2 N–H and O–H groups in total. The van der Waals surface area contributed by atoms with E-state index in [-0.39, 0.29) is 29.2 Å². The van der Waals surface area contributed by atoms with Gasteiger partial charge in [-0.1, -0.05) is 30.3 Å². The number of likely N-dealkylation sites (tertiary alicyclic amines) is 1. The van der Waals surface area contributed by atoms with Crippen molar-refractivity contribution in [1.82, 2.24) is 10.2 Å². The molecule has 0 saturated carbocycles. The number of benzene rings is 2. The fourth-order valence-electron chi connectivity index (χ4n) is 5.82. The summed E-state index contributed by atoms with van der Waals surface area (Å²) in [7, 11) is 1.55. The van der Waals surface area contributed by atoms with E-state index in [0.717, 1.165) is 43.6 Å². The number of phenols is 1. The maximum absolute atomic E-state index is 12.9. The predicted molar refractivity (Wildman–Crippen MR) is 132 cm³/mol. The molecule has 1 fully saturated rings. The van der Waals surface area contributed by atoms with Crippen molar-refractivity contribution in [3.8, 4) is 11.5 Å². The van der Waals surface area contributed by atoms with Gasteiger partial charge in [-0.05, 0) is 73.8 Å². The summed E-state index contributed by atoms with van der Waals surface area (Å²) >= 11 is 0. The highest BCUT2D eigenvalue weighted by Crippen LogP contribution is 2.52. The summed E-state index contributed by atoms with van der Waals surface area (Å²) in [6.07, 6.45) is 3.20. The molecule has 3 aromatic rings. The van der Waals surface area contributed by atoms with E-state index in [1.807, 2.05) is 19.1 Å². The molecule has 2 atom stereocenters. The van der Waals surface area contributed by atoms with Crippen LogP contribution in [0, 0.1) is 0 Å². The molecule has 1 aromatic heterocycles. The van der Waals surface area contributed by atoms with Crippen LogP contribution in [0.2, 0.25) is 0 Å². The van der Waals surface area contributed by atoms with E-state index >= 15 is 0 Å². The number of furan rings is 1. The molecule has 0 bridgehead atoms. The molecule has 7 heteroatoms. The minimum atomic E-state index is -0.242. The zero-order chi connectivity index (χ0) is 24.4. The highest BCUT2D eigenvalue weighted by atomic mass is 16.5. The number of fused-ring (bicyclic) bond motifs is 2. The minimum absolute atomic E-state index is 0.156. The van der Waals surface area contributed by atoms with Crippen LogP contribution >= 0.6 is 0 Å². The third-order valence-electron chi connectivity index (χ3n) is 7.46. The highest BCUT2D eigenvalue weighted by Gasteiger charge is 2.54. The van der Waals surface area contributed by atoms with Crippen molar-refractivity contribution >= 4 is 5.91 Å². The summed E-state index contributed by atoms with van der Waals surface area (Å²) < 4.78 is 16.9. The number of nitrogens with one attached hydrogen (secondary N) is 1. The van der Waals surface area contributed by atoms with Crippen LogP contribution in [-0.2, 0) is 16.7 Å².